The van der Waals surface area contributed by atoms with Crippen LogP contribution < -0.4 is 0 Å². The molecular weight excluding hydrogens is 442 g/mol. The number of ether oxygens (including phenoxy) is 1. The van der Waals surface area contributed by atoms with E-state index in [-0.39, 0.29) is 36.7 Å². The minimum atomic E-state index is -0.195. The van der Waals surface area contributed by atoms with Crippen LogP contribution in [0.15, 0.2) is 24.3 Å². The average molecular weight is 474 g/mol. The van der Waals surface area contributed by atoms with E-state index in [4.69, 9.17) is 17.0 Å². The van der Waals surface area contributed by atoms with Gasteiger partial charge in [-0.25, -0.2) is 0 Å². The van der Waals surface area contributed by atoms with Crippen LogP contribution in [0, 0.1) is 17.6 Å². The average Bonchev–Trinajstić information content (AvgIpc) is 3.18. The number of hydrogen-bond acceptors (Lipinski definition) is 6. The lowest BCUT2D eigenvalue weighted by atomic mass is 9.97. The molecule has 0 bridgehead atoms. The van der Waals surface area contributed by atoms with Crippen molar-refractivity contribution in [3.05, 3.63) is 34.6 Å². The number of rotatable bonds is 8. The Bertz CT molecular complexity index is 1040. The van der Waals surface area contributed by atoms with Gasteiger partial charge >= 0.3 is 5.97 Å². The number of hydrogen-bond donors (Lipinski definition) is 1. The fourth-order valence-corrected chi connectivity index (χ4v) is 4.09. The molecule has 10 heteroatoms. The van der Waals surface area contributed by atoms with E-state index >= 15 is 0 Å². The quantitative estimate of drug-likeness (QED) is 0.467. The molecule has 1 aromatic heterocycles. The lowest BCUT2D eigenvalue weighted by molar-refractivity contribution is -0.151. The number of likely N-dealkylation sites (tertiary alicyclic amines) is 1. The first-order valence-corrected chi connectivity index (χ1v) is 11.6. The molecule has 9 nitrogen and oxygen atoms in total. The molecule has 0 saturated carbocycles. The van der Waals surface area contributed by atoms with Crippen molar-refractivity contribution in [3.8, 4) is 11.4 Å². The minimum absolute atomic E-state index is 0.00448. The molecule has 2 heterocycles. The molecule has 2 amide bonds. The Kier molecular flexibility index (Phi) is 8.37. The number of H-pyrrole nitrogens is 1. The standard InChI is InChI=1S/C23H31N5O4S/c1-4-32-22(31)18-9-12-27(13-10-18)20(30)15-26(3)19(29)11-14-28-21(24-25-23(28)33)17-7-5-16(2)6-8-17/h5-8,18H,4,9-15H2,1-3H3,(H,25,33). The number of esters is 1. The molecule has 0 atom stereocenters. The van der Waals surface area contributed by atoms with Gasteiger partial charge in [-0.3, -0.25) is 24.0 Å². The third-order valence-corrected chi connectivity index (χ3v) is 6.19. The second-order valence-corrected chi connectivity index (χ2v) is 8.66. The van der Waals surface area contributed by atoms with Crippen LogP contribution in [-0.2, 0) is 25.7 Å². The van der Waals surface area contributed by atoms with E-state index in [0.717, 1.165) is 11.1 Å². The number of aromatic amines is 1. The summed E-state index contributed by atoms with van der Waals surface area (Å²) < 4.78 is 7.31. The van der Waals surface area contributed by atoms with Gasteiger partial charge in [0.2, 0.25) is 11.8 Å². The van der Waals surface area contributed by atoms with Gasteiger partial charge in [0.1, 0.15) is 0 Å². The van der Waals surface area contributed by atoms with E-state index in [0.29, 0.717) is 49.7 Å². The van der Waals surface area contributed by atoms with Gasteiger partial charge in [0.25, 0.3) is 0 Å². The highest BCUT2D eigenvalue weighted by molar-refractivity contribution is 7.71. The second-order valence-electron chi connectivity index (χ2n) is 8.28. The smallest absolute Gasteiger partial charge is 0.309 e. The molecule has 178 valence electrons. The van der Waals surface area contributed by atoms with Crippen LogP contribution in [0.5, 0.6) is 0 Å². The summed E-state index contributed by atoms with van der Waals surface area (Å²) in [4.78, 5) is 40.4. The third kappa shape index (κ3) is 6.28. The summed E-state index contributed by atoms with van der Waals surface area (Å²) in [6.07, 6.45) is 1.37. The van der Waals surface area contributed by atoms with Crippen molar-refractivity contribution >= 4 is 30.0 Å². The van der Waals surface area contributed by atoms with Crippen molar-refractivity contribution in [2.75, 3.05) is 33.3 Å². The normalized spacial score (nSPS) is 14.2. The van der Waals surface area contributed by atoms with Crippen molar-refractivity contribution in [3.63, 3.8) is 0 Å². The number of carbonyl (C=O) groups excluding carboxylic acids is 3. The van der Waals surface area contributed by atoms with Crippen molar-refractivity contribution < 1.29 is 19.1 Å². The number of nitrogens with one attached hydrogen (secondary N) is 1. The molecule has 33 heavy (non-hydrogen) atoms. The van der Waals surface area contributed by atoms with Gasteiger partial charge in [0.05, 0.1) is 19.1 Å². The van der Waals surface area contributed by atoms with Crippen molar-refractivity contribution in [1.82, 2.24) is 24.6 Å². The molecule has 0 unspecified atom stereocenters. The molecule has 1 aromatic carbocycles. The third-order valence-electron chi connectivity index (χ3n) is 5.88. The van der Waals surface area contributed by atoms with E-state index in [9.17, 15) is 14.4 Å². The Morgan fingerprint density at radius 3 is 2.52 bits per heavy atom. The van der Waals surface area contributed by atoms with Gasteiger partial charge in [0, 0.05) is 38.7 Å². The van der Waals surface area contributed by atoms with Gasteiger partial charge < -0.3 is 14.5 Å². The van der Waals surface area contributed by atoms with Gasteiger partial charge in [0.15, 0.2) is 10.6 Å². The maximum atomic E-state index is 12.7. The monoisotopic (exact) mass is 473 g/mol. The first-order valence-electron chi connectivity index (χ1n) is 11.2. The highest BCUT2D eigenvalue weighted by atomic mass is 32.1. The lowest BCUT2D eigenvalue weighted by Crippen LogP contribution is -2.45. The predicted molar refractivity (Wildman–Crippen MR) is 126 cm³/mol. The van der Waals surface area contributed by atoms with Crippen LogP contribution in [0.2, 0.25) is 0 Å². The van der Waals surface area contributed by atoms with Gasteiger partial charge in [-0.05, 0) is 38.9 Å². The van der Waals surface area contributed by atoms with Crippen LogP contribution in [-0.4, -0.2) is 75.6 Å². The number of likely N-dealkylation sites (N-methyl/N-ethyl adjacent to an activating group) is 1. The number of carbonyl (C=O) groups is 3. The van der Waals surface area contributed by atoms with E-state index in [1.165, 1.54) is 4.90 Å². The summed E-state index contributed by atoms with van der Waals surface area (Å²) in [5.41, 5.74) is 2.06. The predicted octanol–water partition coefficient (Wildman–Crippen LogP) is 2.57. The first-order chi connectivity index (χ1) is 15.8. The molecule has 2 aromatic rings. The van der Waals surface area contributed by atoms with Gasteiger partial charge in [-0.15, -0.1) is 0 Å². The highest BCUT2D eigenvalue weighted by Crippen LogP contribution is 2.20. The molecule has 1 saturated heterocycles. The molecule has 1 aliphatic heterocycles. The Morgan fingerprint density at radius 2 is 1.88 bits per heavy atom. The van der Waals surface area contributed by atoms with E-state index in [2.05, 4.69) is 10.2 Å². The number of amides is 2. The number of aromatic nitrogens is 3. The molecule has 3 rings (SSSR count). The van der Waals surface area contributed by atoms with Crippen molar-refractivity contribution in [1.29, 1.82) is 0 Å². The zero-order valence-electron chi connectivity index (χ0n) is 19.4. The molecule has 1 aliphatic rings. The lowest BCUT2D eigenvalue weighted by Gasteiger charge is -2.32. The molecule has 0 aliphatic carbocycles. The van der Waals surface area contributed by atoms with E-state index in [1.807, 2.05) is 31.2 Å². The highest BCUT2D eigenvalue weighted by Gasteiger charge is 2.29. The maximum absolute atomic E-state index is 12.7. The van der Waals surface area contributed by atoms with Crippen LogP contribution in [0.3, 0.4) is 0 Å². The van der Waals surface area contributed by atoms with Crippen LogP contribution in [0.1, 0.15) is 31.7 Å². The summed E-state index contributed by atoms with van der Waals surface area (Å²) in [6.45, 7) is 5.52. The van der Waals surface area contributed by atoms with Crippen molar-refractivity contribution in [2.24, 2.45) is 5.92 Å². The number of piperidine rings is 1. The number of aryl methyl sites for hydroxylation is 1. The van der Waals surface area contributed by atoms with Crippen LogP contribution >= 0.6 is 12.2 Å². The summed E-state index contributed by atoms with van der Waals surface area (Å²) in [7, 11) is 1.63. The van der Waals surface area contributed by atoms with E-state index < -0.39 is 0 Å². The fourth-order valence-electron chi connectivity index (χ4n) is 3.86. The number of nitrogens with zero attached hydrogens (tertiary/aromatic N) is 4. The molecular formula is C23H31N5O4S. The zero-order valence-corrected chi connectivity index (χ0v) is 20.2. The molecule has 1 N–H and O–H groups in total. The molecule has 0 spiro atoms. The summed E-state index contributed by atoms with van der Waals surface area (Å²) in [5, 5.41) is 7.10. The van der Waals surface area contributed by atoms with Gasteiger partial charge in [-0.1, -0.05) is 29.8 Å². The Labute approximate surface area is 198 Å². The maximum Gasteiger partial charge on any atom is 0.309 e. The van der Waals surface area contributed by atoms with E-state index in [1.54, 1.807) is 23.4 Å². The zero-order chi connectivity index (χ0) is 24.0. The van der Waals surface area contributed by atoms with Crippen molar-refractivity contribution in [2.45, 2.75) is 39.7 Å². The summed E-state index contributed by atoms with van der Waals surface area (Å²) in [6, 6.07) is 7.93. The SMILES string of the molecule is CCOC(=O)C1CCN(C(=O)CN(C)C(=O)CCn2c(-c3ccc(C)cc3)n[nH]c2=S)CC1. The summed E-state index contributed by atoms with van der Waals surface area (Å²) in [5.74, 6) is 0.0579. The van der Waals surface area contributed by atoms with Crippen LogP contribution in [0.25, 0.3) is 11.4 Å². The van der Waals surface area contributed by atoms with Gasteiger partial charge in [-0.2, -0.15) is 5.10 Å². The Hall–Kier alpha value is -3.01. The number of benzene rings is 1. The second kappa shape index (κ2) is 11.2. The largest absolute Gasteiger partial charge is 0.466 e. The minimum Gasteiger partial charge on any atom is -0.466 e. The topological polar surface area (TPSA) is 101 Å². The summed E-state index contributed by atoms with van der Waals surface area (Å²) >= 11 is 5.34. The Morgan fingerprint density at radius 1 is 1.21 bits per heavy atom. The fraction of sp³-hybridized carbons (Fsp3) is 0.522. The first kappa shape index (κ1) is 24.6. The molecule has 1 fully saturated rings. The Balaban J connectivity index is 1.51. The molecule has 0 radical (unpaired) electrons. The van der Waals surface area contributed by atoms with Crippen LogP contribution in [0.4, 0.5) is 0 Å².